The molecule has 1 aromatic heterocycles. The van der Waals surface area contributed by atoms with E-state index in [1.54, 1.807) is 13.0 Å². The summed E-state index contributed by atoms with van der Waals surface area (Å²) < 4.78 is 32.2. The Balaban J connectivity index is 2.24. The fourth-order valence-corrected chi connectivity index (χ4v) is 3.79. The second kappa shape index (κ2) is 5.82. The highest BCUT2D eigenvalue weighted by atomic mass is 32.2. The van der Waals surface area contributed by atoms with Gasteiger partial charge in [0.1, 0.15) is 5.75 Å². The van der Waals surface area contributed by atoms with Crippen LogP contribution in [0.5, 0.6) is 5.75 Å². The minimum atomic E-state index is -3.61. The zero-order chi connectivity index (χ0) is 14.8. The molecule has 0 saturated heterocycles. The van der Waals surface area contributed by atoms with Crippen LogP contribution in [0.4, 0.5) is 5.69 Å². The highest BCUT2D eigenvalue weighted by Crippen LogP contribution is 2.25. The van der Waals surface area contributed by atoms with Crippen molar-refractivity contribution >= 4 is 27.0 Å². The number of hydrogen-bond donors (Lipinski definition) is 2. The lowest BCUT2D eigenvalue weighted by Crippen LogP contribution is -2.26. The molecule has 0 aliphatic rings. The third kappa shape index (κ3) is 3.12. The third-order valence-electron chi connectivity index (χ3n) is 2.89. The zero-order valence-electron chi connectivity index (χ0n) is 11.2. The predicted octanol–water partition coefficient (Wildman–Crippen LogP) is 2.38. The van der Waals surface area contributed by atoms with E-state index in [-0.39, 0.29) is 10.9 Å². The molecule has 0 fully saturated rings. The van der Waals surface area contributed by atoms with E-state index in [1.807, 2.05) is 16.8 Å². The highest BCUT2D eigenvalue weighted by Gasteiger charge is 2.19. The van der Waals surface area contributed by atoms with E-state index in [1.165, 1.54) is 30.6 Å². The smallest absolute Gasteiger partial charge is 0.241 e. The van der Waals surface area contributed by atoms with Crippen molar-refractivity contribution in [3.63, 3.8) is 0 Å². The SMILES string of the molecule is COc1ccc(S(=O)(=O)NC(C)c2ccsc2)cc1N. The van der Waals surface area contributed by atoms with Crippen molar-refractivity contribution in [2.24, 2.45) is 0 Å². The molecule has 1 unspecified atom stereocenters. The molecule has 5 nitrogen and oxygen atoms in total. The number of ether oxygens (including phenoxy) is 1. The Morgan fingerprint density at radius 1 is 1.35 bits per heavy atom. The number of nitrogens with two attached hydrogens (primary N) is 1. The first-order valence-electron chi connectivity index (χ1n) is 5.92. The third-order valence-corrected chi connectivity index (χ3v) is 5.13. The summed E-state index contributed by atoms with van der Waals surface area (Å²) in [5.41, 5.74) is 6.96. The van der Waals surface area contributed by atoms with Gasteiger partial charge in [-0.25, -0.2) is 13.1 Å². The summed E-state index contributed by atoms with van der Waals surface area (Å²) in [7, 11) is -2.13. The van der Waals surface area contributed by atoms with Crippen LogP contribution in [0.25, 0.3) is 0 Å². The molecule has 0 saturated carbocycles. The number of hydrogen-bond acceptors (Lipinski definition) is 5. The van der Waals surface area contributed by atoms with Crippen molar-refractivity contribution in [1.82, 2.24) is 4.72 Å². The molecule has 0 amide bonds. The summed E-state index contributed by atoms with van der Waals surface area (Å²) >= 11 is 1.53. The average Bonchev–Trinajstić information content (AvgIpc) is 2.92. The minimum Gasteiger partial charge on any atom is -0.495 e. The summed E-state index contributed by atoms with van der Waals surface area (Å²) in [4.78, 5) is 0.123. The van der Waals surface area contributed by atoms with Gasteiger partial charge in [-0.15, -0.1) is 0 Å². The summed E-state index contributed by atoms with van der Waals surface area (Å²) in [6.45, 7) is 1.80. The van der Waals surface area contributed by atoms with Crippen LogP contribution in [-0.4, -0.2) is 15.5 Å². The largest absolute Gasteiger partial charge is 0.495 e. The van der Waals surface area contributed by atoms with E-state index in [0.717, 1.165) is 5.56 Å². The molecule has 20 heavy (non-hydrogen) atoms. The number of thiophene rings is 1. The molecular weight excluding hydrogens is 296 g/mol. The second-order valence-electron chi connectivity index (χ2n) is 4.30. The molecule has 2 aromatic rings. The number of nitrogen functional groups attached to an aromatic ring is 1. The summed E-state index contributed by atoms with van der Waals surface area (Å²) in [6.07, 6.45) is 0. The minimum absolute atomic E-state index is 0.123. The lowest BCUT2D eigenvalue weighted by Gasteiger charge is -2.14. The van der Waals surface area contributed by atoms with Crippen molar-refractivity contribution in [3.8, 4) is 5.75 Å². The molecule has 3 N–H and O–H groups in total. The molecule has 2 rings (SSSR count). The number of sulfonamides is 1. The molecule has 1 atom stereocenters. The molecule has 1 aromatic carbocycles. The van der Waals surface area contributed by atoms with Crippen LogP contribution >= 0.6 is 11.3 Å². The molecule has 1 heterocycles. The van der Waals surface area contributed by atoms with Crippen LogP contribution < -0.4 is 15.2 Å². The fraction of sp³-hybridized carbons (Fsp3) is 0.231. The number of nitrogens with one attached hydrogen (secondary N) is 1. The Morgan fingerprint density at radius 2 is 2.10 bits per heavy atom. The Kier molecular flexibility index (Phi) is 4.32. The van der Waals surface area contributed by atoms with Gasteiger partial charge in [0.25, 0.3) is 0 Å². The van der Waals surface area contributed by atoms with Gasteiger partial charge in [-0.1, -0.05) is 0 Å². The molecule has 0 spiro atoms. The molecule has 0 radical (unpaired) electrons. The molecule has 0 aliphatic carbocycles. The maximum Gasteiger partial charge on any atom is 0.241 e. The lowest BCUT2D eigenvalue weighted by atomic mass is 10.2. The van der Waals surface area contributed by atoms with Gasteiger partial charge in [-0.2, -0.15) is 11.3 Å². The summed E-state index contributed by atoms with van der Waals surface area (Å²) in [6, 6.07) is 5.99. The van der Waals surface area contributed by atoms with Crippen molar-refractivity contribution in [2.45, 2.75) is 17.9 Å². The quantitative estimate of drug-likeness (QED) is 0.831. The first-order chi connectivity index (χ1) is 9.44. The van der Waals surface area contributed by atoms with Crippen molar-refractivity contribution in [2.75, 3.05) is 12.8 Å². The van der Waals surface area contributed by atoms with E-state index in [0.29, 0.717) is 11.4 Å². The monoisotopic (exact) mass is 312 g/mol. The van der Waals surface area contributed by atoms with Gasteiger partial charge in [-0.05, 0) is 47.5 Å². The molecular formula is C13H16N2O3S2. The van der Waals surface area contributed by atoms with Gasteiger partial charge in [0.05, 0.1) is 17.7 Å². The first-order valence-corrected chi connectivity index (χ1v) is 8.34. The van der Waals surface area contributed by atoms with Gasteiger partial charge >= 0.3 is 0 Å². The number of rotatable bonds is 5. The normalized spacial score (nSPS) is 13.1. The van der Waals surface area contributed by atoms with Crippen LogP contribution in [0, 0.1) is 0 Å². The van der Waals surface area contributed by atoms with Gasteiger partial charge in [0.2, 0.25) is 10.0 Å². The average molecular weight is 312 g/mol. The Bertz CT molecular complexity index is 682. The standard InChI is InChI=1S/C13H16N2O3S2/c1-9(10-5-6-19-8-10)15-20(16,17)11-3-4-13(18-2)12(14)7-11/h3-9,15H,14H2,1-2H3. The van der Waals surface area contributed by atoms with Gasteiger partial charge in [0.15, 0.2) is 0 Å². The number of benzene rings is 1. The van der Waals surface area contributed by atoms with Crippen LogP contribution in [0.1, 0.15) is 18.5 Å². The first kappa shape index (κ1) is 14.8. The summed E-state index contributed by atoms with van der Waals surface area (Å²) in [5.74, 6) is 0.454. The number of methoxy groups -OCH3 is 1. The van der Waals surface area contributed by atoms with Crippen LogP contribution in [0.3, 0.4) is 0 Å². The van der Waals surface area contributed by atoms with Gasteiger partial charge in [0, 0.05) is 6.04 Å². The predicted molar refractivity (Wildman–Crippen MR) is 80.5 cm³/mol. The van der Waals surface area contributed by atoms with Crippen LogP contribution in [0.2, 0.25) is 0 Å². The van der Waals surface area contributed by atoms with E-state index >= 15 is 0 Å². The van der Waals surface area contributed by atoms with Crippen molar-refractivity contribution < 1.29 is 13.2 Å². The maximum atomic E-state index is 12.3. The van der Waals surface area contributed by atoms with E-state index in [9.17, 15) is 8.42 Å². The Morgan fingerprint density at radius 3 is 2.65 bits per heavy atom. The Hall–Kier alpha value is -1.57. The second-order valence-corrected chi connectivity index (χ2v) is 6.80. The number of anilines is 1. The zero-order valence-corrected chi connectivity index (χ0v) is 12.8. The molecule has 108 valence electrons. The maximum absolute atomic E-state index is 12.3. The van der Waals surface area contributed by atoms with Gasteiger partial charge < -0.3 is 10.5 Å². The van der Waals surface area contributed by atoms with Crippen molar-refractivity contribution in [3.05, 3.63) is 40.6 Å². The molecule has 0 bridgehead atoms. The fourth-order valence-electron chi connectivity index (χ4n) is 1.77. The van der Waals surface area contributed by atoms with E-state index in [4.69, 9.17) is 10.5 Å². The molecule has 7 heteroatoms. The summed E-state index contributed by atoms with van der Waals surface area (Å²) in [5, 5.41) is 3.82. The highest BCUT2D eigenvalue weighted by molar-refractivity contribution is 7.89. The lowest BCUT2D eigenvalue weighted by molar-refractivity contribution is 0.416. The topological polar surface area (TPSA) is 81.4 Å². The Labute approximate surface area is 122 Å². The van der Waals surface area contributed by atoms with Crippen LogP contribution in [-0.2, 0) is 10.0 Å². The van der Waals surface area contributed by atoms with E-state index < -0.39 is 10.0 Å². The van der Waals surface area contributed by atoms with Crippen LogP contribution in [0.15, 0.2) is 39.9 Å². The van der Waals surface area contributed by atoms with Gasteiger partial charge in [-0.3, -0.25) is 0 Å². The van der Waals surface area contributed by atoms with Crippen molar-refractivity contribution in [1.29, 1.82) is 0 Å². The van der Waals surface area contributed by atoms with E-state index in [2.05, 4.69) is 4.72 Å². The molecule has 0 aliphatic heterocycles.